The number of hydrogen-bond donors (Lipinski definition) is 1. The number of hydrazone groups is 1. The number of hydrogen-bond acceptors (Lipinski definition) is 5. The van der Waals surface area contributed by atoms with E-state index in [1.165, 1.54) is 31.5 Å². The van der Waals surface area contributed by atoms with Gasteiger partial charge in [0, 0.05) is 0 Å². The molecule has 0 aliphatic heterocycles. The average Bonchev–Trinajstić information content (AvgIpc) is 2.60. The summed E-state index contributed by atoms with van der Waals surface area (Å²) in [7, 11) is 1.44. The number of nitrogens with one attached hydrogen (secondary N) is 1. The summed E-state index contributed by atoms with van der Waals surface area (Å²) >= 11 is 0. The maximum Gasteiger partial charge on any atom is 0.418 e. The number of methoxy groups -OCH3 is 1. The molecular formula is C17H14F3N3O2. The zero-order valence-corrected chi connectivity index (χ0v) is 13.2. The molecule has 0 aliphatic carbocycles. The first-order valence-corrected chi connectivity index (χ1v) is 7.09. The van der Waals surface area contributed by atoms with Gasteiger partial charge in [0.2, 0.25) is 0 Å². The van der Waals surface area contributed by atoms with Crippen molar-refractivity contribution in [3.63, 3.8) is 0 Å². The minimum atomic E-state index is -4.47. The zero-order chi connectivity index (χ0) is 18.3. The van der Waals surface area contributed by atoms with Crippen molar-refractivity contribution in [3.05, 3.63) is 53.6 Å². The molecule has 0 amide bonds. The summed E-state index contributed by atoms with van der Waals surface area (Å²) in [6, 6.07) is 11.7. The summed E-state index contributed by atoms with van der Waals surface area (Å²) in [5.74, 6) is 0.770. The van der Waals surface area contributed by atoms with Gasteiger partial charge in [-0.25, -0.2) is 0 Å². The largest absolute Gasteiger partial charge is 0.493 e. The fourth-order valence-electron chi connectivity index (χ4n) is 2.00. The standard InChI is InChI=1S/C17H14F3N3O2/c1-24-16-10-12(6-7-15(16)25-9-8-21)11-22-23-14-5-3-2-4-13(14)17(18,19)20/h2-7,10-11,23H,9H2,1H3/b22-11+. The maximum absolute atomic E-state index is 12.9. The van der Waals surface area contributed by atoms with Gasteiger partial charge in [0.15, 0.2) is 18.1 Å². The van der Waals surface area contributed by atoms with E-state index in [9.17, 15) is 13.2 Å². The van der Waals surface area contributed by atoms with Gasteiger partial charge in [0.1, 0.15) is 6.07 Å². The third-order valence-corrected chi connectivity index (χ3v) is 3.11. The Hall–Kier alpha value is -3.21. The molecule has 130 valence electrons. The highest BCUT2D eigenvalue weighted by atomic mass is 19.4. The van der Waals surface area contributed by atoms with E-state index < -0.39 is 11.7 Å². The van der Waals surface area contributed by atoms with Gasteiger partial charge in [-0.15, -0.1) is 0 Å². The van der Waals surface area contributed by atoms with Crippen LogP contribution in [0.2, 0.25) is 0 Å². The Morgan fingerprint density at radius 2 is 1.96 bits per heavy atom. The molecule has 0 heterocycles. The van der Waals surface area contributed by atoms with Crippen molar-refractivity contribution in [3.8, 4) is 17.6 Å². The summed E-state index contributed by atoms with van der Waals surface area (Å²) in [5.41, 5.74) is 2.02. The number of halogens is 3. The number of ether oxygens (including phenoxy) is 2. The lowest BCUT2D eigenvalue weighted by molar-refractivity contribution is -0.136. The molecule has 0 atom stereocenters. The van der Waals surface area contributed by atoms with Crippen LogP contribution >= 0.6 is 0 Å². The molecule has 0 saturated carbocycles. The number of para-hydroxylation sites is 1. The smallest absolute Gasteiger partial charge is 0.418 e. The fourth-order valence-corrected chi connectivity index (χ4v) is 2.00. The van der Waals surface area contributed by atoms with E-state index in [2.05, 4.69) is 10.5 Å². The van der Waals surface area contributed by atoms with Crippen molar-refractivity contribution in [2.45, 2.75) is 6.18 Å². The zero-order valence-electron chi connectivity index (χ0n) is 13.2. The second kappa shape index (κ2) is 8.06. The predicted molar refractivity (Wildman–Crippen MR) is 86.8 cm³/mol. The second-order valence-electron chi connectivity index (χ2n) is 4.77. The Balaban J connectivity index is 2.14. The van der Waals surface area contributed by atoms with Gasteiger partial charge >= 0.3 is 6.18 Å². The molecule has 0 bridgehead atoms. The molecule has 0 spiro atoms. The summed E-state index contributed by atoms with van der Waals surface area (Å²) in [6.07, 6.45) is -3.12. The average molecular weight is 349 g/mol. The van der Waals surface area contributed by atoms with Gasteiger partial charge in [0.25, 0.3) is 0 Å². The quantitative estimate of drug-likeness (QED) is 0.631. The van der Waals surface area contributed by atoms with Gasteiger partial charge in [-0.05, 0) is 35.9 Å². The van der Waals surface area contributed by atoms with Crippen molar-refractivity contribution < 1.29 is 22.6 Å². The Bertz CT molecular complexity index is 798. The molecular weight excluding hydrogens is 335 g/mol. The lowest BCUT2D eigenvalue weighted by Gasteiger charge is -2.11. The van der Waals surface area contributed by atoms with Crippen molar-refractivity contribution in [2.75, 3.05) is 19.1 Å². The maximum atomic E-state index is 12.9. The SMILES string of the molecule is COc1cc(/C=N/Nc2ccccc2C(F)(F)F)ccc1OCC#N. The summed E-state index contributed by atoms with van der Waals surface area (Å²) in [4.78, 5) is 0. The minimum Gasteiger partial charge on any atom is -0.493 e. The Morgan fingerprint density at radius 1 is 1.20 bits per heavy atom. The fraction of sp³-hybridized carbons (Fsp3) is 0.176. The lowest BCUT2D eigenvalue weighted by Crippen LogP contribution is -2.08. The molecule has 0 unspecified atom stereocenters. The molecule has 0 fully saturated rings. The van der Waals surface area contributed by atoms with Crippen LogP contribution in [0, 0.1) is 11.3 Å². The van der Waals surface area contributed by atoms with Crippen LogP contribution in [0.3, 0.4) is 0 Å². The lowest BCUT2D eigenvalue weighted by atomic mass is 10.2. The first-order chi connectivity index (χ1) is 12.0. The van der Waals surface area contributed by atoms with Gasteiger partial charge in [-0.2, -0.15) is 23.5 Å². The van der Waals surface area contributed by atoms with Crippen molar-refractivity contribution in [1.29, 1.82) is 5.26 Å². The van der Waals surface area contributed by atoms with Crippen LogP contribution in [0.25, 0.3) is 0 Å². The molecule has 5 nitrogen and oxygen atoms in total. The van der Waals surface area contributed by atoms with E-state index in [0.717, 1.165) is 6.07 Å². The molecule has 1 N–H and O–H groups in total. The van der Waals surface area contributed by atoms with Gasteiger partial charge in [-0.3, -0.25) is 5.43 Å². The van der Waals surface area contributed by atoms with E-state index in [1.54, 1.807) is 18.2 Å². The molecule has 0 saturated heterocycles. The van der Waals surface area contributed by atoms with E-state index in [0.29, 0.717) is 17.1 Å². The van der Waals surface area contributed by atoms with Crippen molar-refractivity contribution in [2.24, 2.45) is 5.10 Å². The minimum absolute atomic E-state index is 0.125. The normalized spacial score (nSPS) is 11.2. The van der Waals surface area contributed by atoms with Crippen LogP contribution in [0.4, 0.5) is 18.9 Å². The molecule has 0 aromatic heterocycles. The third kappa shape index (κ3) is 4.88. The van der Waals surface area contributed by atoms with Gasteiger partial charge in [0.05, 0.1) is 24.6 Å². The van der Waals surface area contributed by atoms with Crippen LogP contribution < -0.4 is 14.9 Å². The number of anilines is 1. The monoisotopic (exact) mass is 349 g/mol. The first kappa shape index (κ1) is 18.1. The van der Waals surface area contributed by atoms with Gasteiger partial charge < -0.3 is 9.47 Å². The predicted octanol–water partition coefficient (Wildman–Crippen LogP) is 4.06. The molecule has 25 heavy (non-hydrogen) atoms. The van der Waals surface area contributed by atoms with Crippen LogP contribution in [-0.4, -0.2) is 19.9 Å². The first-order valence-electron chi connectivity index (χ1n) is 7.09. The highest BCUT2D eigenvalue weighted by Gasteiger charge is 2.33. The number of benzene rings is 2. The highest BCUT2D eigenvalue weighted by Crippen LogP contribution is 2.34. The number of nitriles is 1. The highest BCUT2D eigenvalue weighted by molar-refractivity contribution is 5.81. The van der Waals surface area contributed by atoms with Crippen LogP contribution in [0.15, 0.2) is 47.6 Å². The van der Waals surface area contributed by atoms with E-state index >= 15 is 0 Å². The van der Waals surface area contributed by atoms with Crippen LogP contribution in [0.5, 0.6) is 11.5 Å². The summed E-state index contributed by atoms with van der Waals surface area (Å²) in [5, 5.41) is 12.4. The Labute approximate surface area is 142 Å². The number of rotatable bonds is 6. The molecule has 8 heteroatoms. The topological polar surface area (TPSA) is 66.6 Å². The molecule has 0 radical (unpaired) electrons. The molecule has 0 aliphatic rings. The molecule has 2 rings (SSSR count). The Morgan fingerprint density at radius 3 is 2.64 bits per heavy atom. The molecule has 2 aromatic rings. The van der Waals surface area contributed by atoms with E-state index in [-0.39, 0.29) is 12.3 Å². The van der Waals surface area contributed by atoms with Crippen molar-refractivity contribution in [1.82, 2.24) is 0 Å². The van der Waals surface area contributed by atoms with E-state index in [4.69, 9.17) is 14.7 Å². The Kier molecular flexibility index (Phi) is 5.84. The van der Waals surface area contributed by atoms with E-state index in [1.807, 2.05) is 6.07 Å². The van der Waals surface area contributed by atoms with Crippen molar-refractivity contribution >= 4 is 11.9 Å². The second-order valence-corrected chi connectivity index (χ2v) is 4.77. The third-order valence-electron chi connectivity index (χ3n) is 3.11. The summed E-state index contributed by atoms with van der Waals surface area (Å²) < 4.78 is 49.0. The summed E-state index contributed by atoms with van der Waals surface area (Å²) in [6.45, 7) is -0.125. The van der Waals surface area contributed by atoms with Gasteiger partial charge in [-0.1, -0.05) is 12.1 Å². The molecule has 2 aromatic carbocycles. The number of nitrogens with zero attached hydrogens (tertiary/aromatic N) is 2. The number of alkyl halides is 3. The van der Waals surface area contributed by atoms with Crippen LogP contribution in [-0.2, 0) is 6.18 Å². The van der Waals surface area contributed by atoms with Crippen LogP contribution in [0.1, 0.15) is 11.1 Å².